The summed E-state index contributed by atoms with van der Waals surface area (Å²) in [5.74, 6) is 0.317. The molecule has 3 aromatic rings. The van der Waals surface area contributed by atoms with Crippen LogP contribution in [0.2, 0.25) is 10.0 Å². The summed E-state index contributed by atoms with van der Waals surface area (Å²) >= 11 is 11.8. The van der Waals surface area contributed by atoms with E-state index in [1.165, 1.54) is 48.0 Å². The lowest BCUT2D eigenvalue weighted by Gasteiger charge is -2.34. The first-order chi connectivity index (χ1) is 16.8. The molecule has 184 valence electrons. The van der Waals surface area contributed by atoms with Crippen LogP contribution in [-0.4, -0.2) is 56.9 Å². The van der Waals surface area contributed by atoms with Crippen molar-refractivity contribution in [3.8, 4) is 5.75 Å². The smallest absolute Gasteiger partial charge is 0.261 e. The molecule has 0 radical (unpaired) electrons. The van der Waals surface area contributed by atoms with Crippen molar-refractivity contribution in [2.45, 2.75) is 11.4 Å². The van der Waals surface area contributed by atoms with Crippen molar-refractivity contribution >= 4 is 44.8 Å². The van der Waals surface area contributed by atoms with Crippen molar-refractivity contribution in [3.63, 3.8) is 0 Å². The number of benzene rings is 3. The summed E-state index contributed by atoms with van der Waals surface area (Å²) in [7, 11) is -3.82. The Bertz CT molecular complexity index is 1260. The molecule has 1 aliphatic rings. The van der Waals surface area contributed by atoms with Gasteiger partial charge in [-0.05, 0) is 48.0 Å². The Balaban J connectivity index is 1.26. The van der Waals surface area contributed by atoms with Crippen LogP contribution in [0.3, 0.4) is 0 Å². The van der Waals surface area contributed by atoms with Crippen molar-refractivity contribution < 1.29 is 17.9 Å². The van der Waals surface area contributed by atoms with E-state index < -0.39 is 10.0 Å². The minimum atomic E-state index is -3.82. The zero-order valence-electron chi connectivity index (χ0n) is 18.9. The van der Waals surface area contributed by atoms with Crippen LogP contribution in [0.1, 0.15) is 5.56 Å². The molecule has 0 saturated carbocycles. The molecule has 3 aromatic carbocycles. The maximum Gasteiger partial charge on any atom is 0.261 e. The second kappa shape index (κ2) is 11.3. The Labute approximate surface area is 215 Å². The molecule has 1 saturated heterocycles. The number of carbonyl (C=O) groups is 1. The standard InChI is InChI=1S/C25H25Cl2N3O4S/c26-23-11-6-20(16-24(23)27)28-35(32,33)22-9-7-21(8-10-22)34-18-25(31)30-14-12-29(13-15-30)17-19-4-2-1-3-5-19/h1-11,16,28H,12-15,17-18H2. The maximum atomic E-state index is 12.6. The van der Waals surface area contributed by atoms with E-state index in [0.29, 0.717) is 29.5 Å². The molecule has 1 fully saturated rings. The molecule has 1 heterocycles. The second-order valence-electron chi connectivity index (χ2n) is 8.14. The highest BCUT2D eigenvalue weighted by Gasteiger charge is 2.21. The first kappa shape index (κ1) is 25.3. The topological polar surface area (TPSA) is 78.9 Å². The zero-order valence-corrected chi connectivity index (χ0v) is 21.2. The molecule has 10 heteroatoms. The average molecular weight is 534 g/mol. The van der Waals surface area contributed by atoms with Gasteiger partial charge in [-0.3, -0.25) is 14.4 Å². The first-order valence-electron chi connectivity index (χ1n) is 11.0. The van der Waals surface area contributed by atoms with Crippen molar-refractivity contribution in [2.24, 2.45) is 0 Å². The molecule has 0 unspecified atom stereocenters. The van der Waals surface area contributed by atoms with E-state index in [0.717, 1.165) is 19.6 Å². The highest BCUT2D eigenvalue weighted by Crippen LogP contribution is 2.27. The summed E-state index contributed by atoms with van der Waals surface area (Å²) in [5.41, 5.74) is 1.56. The summed E-state index contributed by atoms with van der Waals surface area (Å²) in [5, 5.41) is 0.581. The number of hydrogen-bond acceptors (Lipinski definition) is 5. The molecule has 7 nitrogen and oxygen atoms in total. The largest absolute Gasteiger partial charge is 0.484 e. The zero-order chi connectivity index (χ0) is 24.8. The number of piperazine rings is 1. The molecule has 35 heavy (non-hydrogen) atoms. The van der Waals surface area contributed by atoms with E-state index >= 15 is 0 Å². The fourth-order valence-electron chi connectivity index (χ4n) is 3.72. The van der Waals surface area contributed by atoms with Crippen LogP contribution in [0.25, 0.3) is 0 Å². The third-order valence-electron chi connectivity index (χ3n) is 5.64. The van der Waals surface area contributed by atoms with E-state index in [2.05, 4.69) is 21.8 Å². The third-order valence-corrected chi connectivity index (χ3v) is 7.78. The second-order valence-corrected chi connectivity index (χ2v) is 10.6. The SMILES string of the molecule is O=C(COc1ccc(S(=O)(=O)Nc2ccc(Cl)c(Cl)c2)cc1)N1CCN(Cc2ccccc2)CC1. The molecule has 1 N–H and O–H groups in total. The fourth-order valence-corrected chi connectivity index (χ4v) is 5.07. The van der Waals surface area contributed by atoms with E-state index in [4.69, 9.17) is 27.9 Å². The minimum Gasteiger partial charge on any atom is -0.484 e. The summed E-state index contributed by atoms with van der Waals surface area (Å²) in [6.07, 6.45) is 0. The molecule has 0 bridgehead atoms. The Morgan fingerprint density at radius 3 is 2.23 bits per heavy atom. The molecule has 0 aromatic heterocycles. The lowest BCUT2D eigenvalue weighted by atomic mass is 10.2. The number of amides is 1. The van der Waals surface area contributed by atoms with Gasteiger partial charge in [0.05, 0.1) is 20.6 Å². The van der Waals surface area contributed by atoms with Crippen molar-refractivity contribution in [3.05, 3.63) is 88.4 Å². The summed E-state index contributed by atoms with van der Waals surface area (Å²) in [4.78, 5) is 16.7. The number of sulfonamides is 1. The van der Waals surface area contributed by atoms with E-state index in [1.807, 2.05) is 18.2 Å². The number of nitrogens with one attached hydrogen (secondary N) is 1. The van der Waals surface area contributed by atoms with Crippen LogP contribution in [0.4, 0.5) is 5.69 Å². The van der Waals surface area contributed by atoms with Gasteiger partial charge in [0.2, 0.25) is 0 Å². The Morgan fingerprint density at radius 2 is 1.57 bits per heavy atom. The number of anilines is 1. The molecule has 4 rings (SSSR count). The monoisotopic (exact) mass is 533 g/mol. The van der Waals surface area contributed by atoms with Crippen LogP contribution in [0.15, 0.2) is 77.7 Å². The molecule has 0 aliphatic carbocycles. The molecule has 0 spiro atoms. The van der Waals surface area contributed by atoms with Gasteiger partial charge in [0.1, 0.15) is 5.75 Å². The number of nitrogens with zero attached hydrogens (tertiary/aromatic N) is 2. The van der Waals surface area contributed by atoms with Crippen LogP contribution < -0.4 is 9.46 Å². The number of carbonyl (C=O) groups excluding carboxylic acids is 1. The van der Waals surface area contributed by atoms with Crippen LogP contribution in [0.5, 0.6) is 5.75 Å². The van der Waals surface area contributed by atoms with Gasteiger partial charge in [-0.25, -0.2) is 8.42 Å². The van der Waals surface area contributed by atoms with Crippen molar-refractivity contribution in [2.75, 3.05) is 37.5 Å². The van der Waals surface area contributed by atoms with Crippen LogP contribution in [0, 0.1) is 0 Å². The van der Waals surface area contributed by atoms with Gasteiger partial charge < -0.3 is 9.64 Å². The predicted octanol–water partition coefficient (Wildman–Crippen LogP) is 4.52. The number of rotatable bonds is 8. The number of halogens is 2. The fraction of sp³-hybridized carbons (Fsp3) is 0.240. The van der Waals surface area contributed by atoms with Gasteiger partial charge in [0.25, 0.3) is 15.9 Å². The highest BCUT2D eigenvalue weighted by molar-refractivity contribution is 7.92. The van der Waals surface area contributed by atoms with Crippen LogP contribution >= 0.6 is 23.2 Å². The van der Waals surface area contributed by atoms with Gasteiger partial charge >= 0.3 is 0 Å². The molecular formula is C25H25Cl2N3O4S. The molecular weight excluding hydrogens is 509 g/mol. The Morgan fingerprint density at radius 1 is 0.886 bits per heavy atom. The van der Waals surface area contributed by atoms with Gasteiger partial charge in [0, 0.05) is 32.7 Å². The normalized spacial score (nSPS) is 14.5. The highest BCUT2D eigenvalue weighted by atomic mass is 35.5. The van der Waals surface area contributed by atoms with E-state index in [1.54, 1.807) is 4.90 Å². The molecule has 1 amide bonds. The first-order valence-corrected chi connectivity index (χ1v) is 13.3. The summed E-state index contributed by atoms with van der Waals surface area (Å²) < 4.78 is 33.3. The van der Waals surface area contributed by atoms with Gasteiger partial charge in [0.15, 0.2) is 6.61 Å². The van der Waals surface area contributed by atoms with Gasteiger partial charge in [-0.2, -0.15) is 0 Å². The maximum absolute atomic E-state index is 12.6. The lowest BCUT2D eigenvalue weighted by Crippen LogP contribution is -2.49. The Hall–Kier alpha value is -2.78. The van der Waals surface area contributed by atoms with Crippen LogP contribution in [-0.2, 0) is 21.4 Å². The van der Waals surface area contributed by atoms with E-state index in [9.17, 15) is 13.2 Å². The molecule has 1 aliphatic heterocycles. The summed E-state index contributed by atoms with van der Waals surface area (Å²) in [6.45, 7) is 3.66. The van der Waals surface area contributed by atoms with E-state index in [-0.39, 0.29) is 22.4 Å². The quantitative estimate of drug-likeness (QED) is 0.460. The minimum absolute atomic E-state index is 0.0526. The van der Waals surface area contributed by atoms with Gasteiger partial charge in [-0.1, -0.05) is 53.5 Å². The van der Waals surface area contributed by atoms with Gasteiger partial charge in [-0.15, -0.1) is 0 Å². The number of ether oxygens (including phenoxy) is 1. The average Bonchev–Trinajstić information content (AvgIpc) is 2.86. The van der Waals surface area contributed by atoms with Crippen molar-refractivity contribution in [1.82, 2.24) is 9.80 Å². The predicted molar refractivity (Wildman–Crippen MR) is 138 cm³/mol. The molecule has 0 atom stereocenters. The summed E-state index contributed by atoms with van der Waals surface area (Å²) in [6, 6.07) is 20.6. The Kier molecular flexibility index (Phi) is 8.18. The number of hydrogen-bond donors (Lipinski definition) is 1. The third kappa shape index (κ3) is 6.89. The van der Waals surface area contributed by atoms with Crippen molar-refractivity contribution in [1.29, 1.82) is 0 Å². The lowest BCUT2D eigenvalue weighted by molar-refractivity contribution is -0.135.